The summed E-state index contributed by atoms with van der Waals surface area (Å²) in [5.41, 5.74) is 0.187. The van der Waals surface area contributed by atoms with Crippen LogP contribution in [0.3, 0.4) is 0 Å². The van der Waals surface area contributed by atoms with E-state index in [-0.39, 0.29) is 0 Å². The normalized spacial score (nSPS) is 44.6. The highest BCUT2D eigenvalue weighted by molar-refractivity contribution is 8.16. The molecular weight excluding hydrogens is 484 g/mol. The largest absolute Gasteiger partial charge is 0.376 e. The Kier molecular flexibility index (Phi) is 6.68. The van der Waals surface area contributed by atoms with Crippen molar-refractivity contribution in [1.29, 1.82) is 0 Å². The zero-order valence-electron chi connectivity index (χ0n) is 22.4. The first-order chi connectivity index (χ1) is 17.2. The van der Waals surface area contributed by atoms with Crippen molar-refractivity contribution in [2.75, 3.05) is 18.3 Å². The molecule has 0 spiro atoms. The monoisotopic (exact) mass is 528 g/mol. The van der Waals surface area contributed by atoms with E-state index in [0.29, 0.717) is 58.2 Å². The predicted molar refractivity (Wildman–Crippen MR) is 151 cm³/mol. The summed E-state index contributed by atoms with van der Waals surface area (Å²) in [4.78, 5) is 0. The third kappa shape index (κ3) is 3.97. The molecule has 198 valence electrons. The Labute approximate surface area is 226 Å². The van der Waals surface area contributed by atoms with E-state index in [4.69, 9.17) is 9.47 Å². The maximum Gasteiger partial charge on any atom is 0.194 e. The number of benzene rings is 1. The molecule has 4 bridgehead atoms. The molecule has 3 nitrogen and oxygen atoms in total. The average Bonchev–Trinajstić information content (AvgIpc) is 2.88. The van der Waals surface area contributed by atoms with Gasteiger partial charge in [-0.2, -0.15) is 0 Å². The molecule has 1 saturated heterocycles. The molecular formula is C31H44O3S2. The summed E-state index contributed by atoms with van der Waals surface area (Å²) in [5, 5.41) is 14.4. The van der Waals surface area contributed by atoms with Crippen molar-refractivity contribution in [1.82, 2.24) is 0 Å². The minimum absolute atomic E-state index is 0.390. The number of ether oxygens (including phenoxy) is 2. The molecule has 0 amide bonds. The van der Waals surface area contributed by atoms with Crippen LogP contribution in [0, 0.1) is 46.3 Å². The predicted octanol–water partition coefficient (Wildman–Crippen LogP) is 6.96. The van der Waals surface area contributed by atoms with Gasteiger partial charge in [-0.1, -0.05) is 70.7 Å². The average molecular weight is 529 g/mol. The summed E-state index contributed by atoms with van der Waals surface area (Å²) >= 11 is 4.39. The summed E-state index contributed by atoms with van der Waals surface area (Å²) in [6, 6.07) is 9.84. The van der Waals surface area contributed by atoms with Crippen LogP contribution >= 0.6 is 23.5 Å². The van der Waals surface area contributed by atoms with Gasteiger partial charge in [-0.15, -0.1) is 23.5 Å². The van der Waals surface area contributed by atoms with E-state index in [1.54, 1.807) is 6.08 Å². The van der Waals surface area contributed by atoms with E-state index >= 15 is 0 Å². The van der Waals surface area contributed by atoms with Crippen molar-refractivity contribution in [3.05, 3.63) is 48.6 Å². The van der Waals surface area contributed by atoms with Crippen molar-refractivity contribution in [2.24, 2.45) is 46.3 Å². The Morgan fingerprint density at radius 3 is 1.81 bits per heavy atom. The van der Waals surface area contributed by atoms with E-state index in [1.807, 2.05) is 30.3 Å². The van der Waals surface area contributed by atoms with E-state index in [9.17, 15) is 5.11 Å². The summed E-state index contributed by atoms with van der Waals surface area (Å²) in [7, 11) is 0. The fourth-order valence-electron chi connectivity index (χ4n) is 8.59. The van der Waals surface area contributed by atoms with Crippen molar-refractivity contribution < 1.29 is 14.6 Å². The number of hydrogen-bond acceptors (Lipinski definition) is 5. The molecule has 7 aliphatic rings. The van der Waals surface area contributed by atoms with Crippen molar-refractivity contribution in [3.8, 4) is 0 Å². The van der Waals surface area contributed by atoms with Gasteiger partial charge in [0.05, 0.1) is 13.2 Å². The molecule has 0 radical (unpaired) electrons. The molecule has 6 aliphatic carbocycles. The first-order valence-corrected chi connectivity index (χ1v) is 16.1. The molecule has 9 atom stereocenters. The fraction of sp³-hybridized carbons (Fsp3) is 0.742. The minimum atomic E-state index is -1.38. The molecule has 1 heterocycles. The first-order valence-electron chi connectivity index (χ1n) is 14.0. The Hall–Kier alpha value is -0.460. The first kappa shape index (κ1) is 25.8. The Balaban J connectivity index is 1.31. The van der Waals surface area contributed by atoms with Gasteiger partial charge >= 0.3 is 0 Å². The van der Waals surface area contributed by atoms with Gasteiger partial charge in [-0.05, 0) is 77.6 Å². The number of hydrogen-bond donors (Lipinski definition) is 1. The van der Waals surface area contributed by atoms with Crippen LogP contribution in [-0.2, 0) is 15.1 Å². The molecule has 1 aliphatic heterocycles. The highest BCUT2D eigenvalue weighted by Crippen LogP contribution is 2.65. The van der Waals surface area contributed by atoms with Gasteiger partial charge in [0, 0.05) is 15.6 Å². The van der Waals surface area contributed by atoms with Crippen LogP contribution in [0.5, 0.6) is 0 Å². The molecule has 0 unspecified atom stereocenters. The topological polar surface area (TPSA) is 38.7 Å². The smallest absolute Gasteiger partial charge is 0.194 e. The van der Waals surface area contributed by atoms with Gasteiger partial charge < -0.3 is 14.6 Å². The Bertz CT molecular complexity index is 916. The minimum Gasteiger partial charge on any atom is -0.376 e. The van der Waals surface area contributed by atoms with E-state index in [2.05, 4.69) is 57.8 Å². The summed E-state index contributed by atoms with van der Waals surface area (Å²) in [6.07, 6.45) is 6.12. The third-order valence-electron chi connectivity index (χ3n) is 11.5. The molecule has 1 aromatic rings. The lowest BCUT2D eigenvalue weighted by Gasteiger charge is -2.63. The molecule has 7 fully saturated rings. The molecule has 1 N–H and O–H groups in total. The highest BCUT2D eigenvalue weighted by atomic mass is 32.2. The fourth-order valence-corrected chi connectivity index (χ4v) is 12.1. The van der Waals surface area contributed by atoms with Crippen LogP contribution in [0.4, 0.5) is 0 Å². The summed E-state index contributed by atoms with van der Waals surface area (Å²) in [5.74, 6) is 4.05. The van der Waals surface area contributed by atoms with Crippen LogP contribution in [0.2, 0.25) is 0 Å². The van der Waals surface area contributed by atoms with Crippen LogP contribution in [0.1, 0.15) is 58.9 Å². The lowest BCUT2D eigenvalue weighted by molar-refractivity contribution is -0.253. The standard InChI is InChI=1S/C31H44O3S2/c1-6-31(32,19-10-8-7-9-11-19)28-33-16-22-24-12-20(29(24,2)3)14-26(22)35-18-36-27-15-21-13-25(30(21,4)5)23(27)17-34-28/h6-11,20-28,32H,1,12-18H2,2-5H3/t20-,21-,22+,23+,24+,25+,26+,27+,31+/m1/s1. The zero-order valence-corrected chi connectivity index (χ0v) is 24.0. The van der Waals surface area contributed by atoms with Crippen LogP contribution < -0.4 is 0 Å². The highest BCUT2D eigenvalue weighted by Gasteiger charge is 2.60. The van der Waals surface area contributed by atoms with Crippen molar-refractivity contribution in [2.45, 2.75) is 75.8 Å². The quantitative estimate of drug-likeness (QED) is 0.430. The molecule has 36 heavy (non-hydrogen) atoms. The maximum absolute atomic E-state index is 12.0. The van der Waals surface area contributed by atoms with Crippen LogP contribution in [0.15, 0.2) is 43.0 Å². The molecule has 1 aromatic carbocycles. The van der Waals surface area contributed by atoms with E-state index in [1.165, 1.54) is 30.8 Å². The van der Waals surface area contributed by atoms with Crippen LogP contribution in [0.25, 0.3) is 0 Å². The molecule has 0 aromatic heterocycles. The lowest BCUT2D eigenvalue weighted by atomic mass is 9.45. The summed E-state index contributed by atoms with van der Waals surface area (Å²) < 4.78 is 13.4. The van der Waals surface area contributed by atoms with Gasteiger partial charge in [-0.3, -0.25) is 0 Å². The second kappa shape index (κ2) is 9.33. The van der Waals surface area contributed by atoms with Gasteiger partial charge in [0.25, 0.3) is 0 Å². The molecule has 5 heteroatoms. The third-order valence-corrected chi connectivity index (χ3v) is 14.5. The van der Waals surface area contributed by atoms with Crippen molar-refractivity contribution in [3.63, 3.8) is 0 Å². The van der Waals surface area contributed by atoms with Crippen molar-refractivity contribution >= 4 is 23.5 Å². The van der Waals surface area contributed by atoms with Gasteiger partial charge in [0.2, 0.25) is 0 Å². The summed E-state index contributed by atoms with van der Waals surface area (Å²) in [6.45, 7) is 15.2. The number of aliphatic hydroxyl groups is 1. The molecule has 6 saturated carbocycles. The van der Waals surface area contributed by atoms with E-state index < -0.39 is 11.9 Å². The number of rotatable bonds is 3. The van der Waals surface area contributed by atoms with Gasteiger partial charge in [0.1, 0.15) is 0 Å². The lowest BCUT2D eigenvalue weighted by Crippen LogP contribution is -2.59. The Morgan fingerprint density at radius 1 is 0.861 bits per heavy atom. The second-order valence-electron chi connectivity index (χ2n) is 13.4. The maximum atomic E-state index is 12.0. The number of thioether (sulfide) groups is 2. The van der Waals surface area contributed by atoms with Gasteiger partial charge in [0.15, 0.2) is 11.9 Å². The van der Waals surface area contributed by atoms with Gasteiger partial charge in [-0.25, -0.2) is 0 Å². The zero-order chi connectivity index (χ0) is 25.3. The van der Waals surface area contributed by atoms with E-state index in [0.717, 1.165) is 17.4 Å². The second-order valence-corrected chi connectivity index (χ2v) is 16.3. The SMILES string of the molecule is C=C[C@](O)(c1ccccc1)C1OC[C@@H]2[C@H](C[C@H]3C[C@@H]2C3(C)C)SCS[C@H]2C[C@H]3C[C@@H]([C@@H]2CO1)C3(C)C. The molecule has 8 rings (SSSR count). The van der Waals surface area contributed by atoms with Crippen LogP contribution in [-0.4, -0.2) is 40.2 Å². The Morgan fingerprint density at radius 2 is 1.36 bits per heavy atom.